The van der Waals surface area contributed by atoms with Crippen molar-refractivity contribution in [2.24, 2.45) is 5.92 Å². The molecule has 0 aromatic heterocycles. The van der Waals surface area contributed by atoms with Crippen LogP contribution in [0.25, 0.3) is 0 Å². The Bertz CT molecular complexity index is 589. The Kier molecular flexibility index (Phi) is 7.06. The van der Waals surface area contributed by atoms with Crippen LogP contribution in [0.2, 0.25) is 0 Å². The van der Waals surface area contributed by atoms with E-state index in [1.807, 2.05) is 12.1 Å². The van der Waals surface area contributed by atoms with Crippen molar-refractivity contribution < 1.29 is 28.9 Å². The van der Waals surface area contributed by atoms with Crippen LogP contribution in [0.3, 0.4) is 0 Å². The minimum Gasteiger partial charge on any atom is -0.493 e. The Morgan fingerprint density at radius 3 is 2.72 bits per heavy atom. The molecule has 1 N–H and O–H groups in total. The van der Waals surface area contributed by atoms with E-state index in [0.717, 1.165) is 0 Å². The third-order valence-corrected chi connectivity index (χ3v) is 3.64. The largest absolute Gasteiger partial charge is 0.493 e. The number of carbonyl (C=O) groups is 2. The van der Waals surface area contributed by atoms with Crippen molar-refractivity contribution >= 4 is 11.9 Å². The first kappa shape index (κ1) is 19.1. The van der Waals surface area contributed by atoms with Crippen molar-refractivity contribution in [1.29, 1.82) is 0 Å². The molecule has 1 heterocycles. The highest BCUT2D eigenvalue weighted by Gasteiger charge is 2.26. The van der Waals surface area contributed by atoms with Gasteiger partial charge in [-0.2, -0.15) is 0 Å². The summed E-state index contributed by atoms with van der Waals surface area (Å²) >= 11 is 0. The van der Waals surface area contributed by atoms with E-state index in [1.165, 1.54) is 0 Å². The first-order valence-corrected chi connectivity index (χ1v) is 8.41. The number of amides is 1. The number of ether oxygens (including phenoxy) is 3. The summed E-state index contributed by atoms with van der Waals surface area (Å²) in [6, 6.07) is 7.17. The zero-order chi connectivity index (χ0) is 18.2. The van der Waals surface area contributed by atoms with Gasteiger partial charge < -0.3 is 24.2 Å². The van der Waals surface area contributed by atoms with Crippen molar-refractivity contribution in [3.8, 4) is 11.5 Å². The number of carbonyl (C=O) groups excluding carboxylic acids is 1. The normalized spacial score (nSPS) is 17.4. The number of hydrogen-bond donors (Lipinski definition) is 1. The molecular weight excluding hydrogens is 326 g/mol. The van der Waals surface area contributed by atoms with E-state index in [1.54, 1.807) is 17.0 Å². The topological polar surface area (TPSA) is 85.3 Å². The molecule has 1 aromatic carbocycles. The average molecular weight is 351 g/mol. The zero-order valence-electron chi connectivity index (χ0n) is 14.6. The summed E-state index contributed by atoms with van der Waals surface area (Å²) in [5.41, 5.74) is 0. The van der Waals surface area contributed by atoms with Gasteiger partial charge in [0.25, 0.3) is 5.91 Å². The third-order valence-electron chi connectivity index (χ3n) is 3.64. The van der Waals surface area contributed by atoms with Crippen LogP contribution in [0.4, 0.5) is 0 Å². The molecule has 0 bridgehead atoms. The van der Waals surface area contributed by atoms with Crippen LogP contribution in [-0.4, -0.2) is 60.9 Å². The molecule has 138 valence electrons. The molecule has 0 radical (unpaired) electrons. The standard InChI is InChI=1S/C18H25NO6/c1-13(2)11-24-14-4-3-5-15(8-14)25-12-17(20)19-6-7-23-16(10-19)9-18(21)22/h3-5,8,13,16H,6-7,9-12H2,1-2H3,(H,21,22). The lowest BCUT2D eigenvalue weighted by Crippen LogP contribution is -2.47. The summed E-state index contributed by atoms with van der Waals surface area (Å²) < 4.78 is 16.6. The van der Waals surface area contributed by atoms with Gasteiger partial charge in [-0.15, -0.1) is 0 Å². The monoisotopic (exact) mass is 351 g/mol. The number of morpholine rings is 1. The van der Waals surface area contributed by atoms with Crippen LogP contribution in [0.5, 0.6) is 11.5 Å². The molecule has 0 saturated carbocycles. The van der Waals surface area contributed by atoms with E-state index in [-0.39, 0.29) is 25.5 Å². The van der Waals surface area contributed by atoms with Crippen molar-refractivity contribution in [2.45, 2.75) is 26.4 Å². The van der Waals surface area contributed by atoms with Crippen LogP contribution < -0.4 is 9.47 Å². The molecule has 1 fully saturated rings. The summed E-state index contributed by atoms with van der Waals surface area (Å²) in [7, 11) is 0. The second-order valence-corrected chi connectivity index (χ2v) is 6.40. The van der Waals surface area contributed by atoms with Gasteiger partial charge in [0, 0.05) is 19.2 Å². The van der Waals surface area contributed by atoms with Crippen LogP contribution in [0, 0.1) is 5.92 Å². The molecular formula is C18H25NO6. The van der Waals surface area contributed by atoms with Gasteiger partial charge in [0.1, 0.15) is 11.5 Å². The van der Waals surface area contributed by atoms with E-state index in [9.17, 15) is 9.59 Å². The fourth-order valence-corrected chi connectivity index (χ4v) is 2.42. The van der Waals surface area contributed by atoms with Gasteiger partial charge in [-0.25, -0.2) is 0 Å². The average Bonchev–Trinajstić information content (AvgIpc) is 2.58. The Hall–Kier alpha value is -2.28. The van der Waals surface area contributed by atoms with Gasteiger partial charge in [-0.05, 0) is 18.1 Å². The molecule has 0 aliphatic carbocycles. The minimum absolute atomic E-state index is 0.104. The second-order valence-electron chi connectivity index (χ2n) is 6.40. The molecule has 1 aromatic rings. The number of nitrogens with zero attached hydrogens (tertiary/aromatic N) is 1. The maximum atomic E-state index is 12.3. The predicted octanol–water partition coefficient (Wildman–Crippen LogP) is 1.80. The third kappa shape index (κ3) is 6.62. The molecule has 0 spiro atoms. The van der Waals surface area contributed by atoms with Crippen molar-refractivity contribution in [3.63, 3.8) is 0 Å². The first-order valence-electron chi connectivity index (χ1n) is 8.41. The summed E-state index contributed by atoms with van der Waals surface area (Å²) in [5.74, 6) is 0.559. The van der Waals surface area contributed by atoms with Gasteiger partial charge >= 0.3 is 5.97 Å². The van der Waals surface area contributed by atoms with Crippen molar-refractivity contribution in [2.75, 3.05) is 32.9 Å². The molecule has 1 aliphatic heterocycles. The lowest BCUT2D eigenvalue weighted by molar-refractivity contribution is -0.148. The van der Waals surface area contributed by atoms with E-state index >= 15 is 0 Å². The summed E-state index contributed by atoms with van der Waals surface area (Å²) in [5, 5.41) is 8.83. The van der Waals surface area contributed by atoms with Crippen molar-refractivity contribution in [1.82, 2.24) is 4.90 Å². The number of aliphatic carboxylic acids is 1. The Labute approximate surface area is 147 Å². The zero-order valence-corrected chi connectivity index (χ0v) is 14.6. The van der Waals surface area contributed by atoms with Gasteiger partial charge in [0.15, 0.2) is 6.61 Å². The molecule has 2 rings (SSSR count). The lowest BCUT2D eigenvalue weighted by atomic mass is 10.2. The Morgan fingerprint density at radius 2 is 2.04 bits per heavy atom. The molecule has 1 unspecified atom stereocenters. The smallest absolute Gasteiger partial charge is 0.306 e. The maximum absolute atomic E-state index is 12.3. The summed E-state index contributed by atoms with van der Waals surface area (Å²) in [6.07, 6.45) is -0.581. The highest BCUT2D eigenvalue weighted by atomic mass is 16.5. The van der Waals surface area contributed by atoms with Crippen LogP contribution >= 0.6 is 0 Å². The lowest BCUT2D eigenvalue weighted by Gasteiger charge is -2.32. The number of benzene rings is 1. The second kappa shape index (κ2) is 9.27. The Balaban J connectivity index is 1.83. The number of hydrogen-bond acceptors (Lipinski definition) is 5. The van der Waals surface area contributed by atoms with Crippen LogP contribution in [0.1, 0.15) is 20.3 Å². The highest BCUT2D eigenvalue weighted by molar-refractivity contribution is 5.78. The van der Waals surface area contributed by atoms with E-state index < -0.39 is 12.1 Å². The van der Waals surface area contributed by atoms with Gasteiger partial charge in [0.2, 0.25) is 0 Å². The van der Waals surface area contributed by atoms with Gasteiger partial charge in [-0.3, -0.25) is 9.59 Å². The van der Waals surface area contributed by atoms with Crippen molar-refractivity contribution in [3.05, 3.63) is 24.3 Å². The molecule has 7 nitrogen and oxygen atoms in total. The van der Waals surface area contributed by atoms with Crippen LogP contribution in [-0.2, 0) is 14.3 Å². The molecule has 7 heteroatoms. The van der Waals surface area contributed by atoms with E-state index in [2.05, 4.69) is 13.8 Å². The molecule has 1 saturated heterocycles. The number of carboxylic acid groups (broad SMARTS) is 1. The molecule has 1 amide bonds. The molecule has 1 aliphatic rings. The predicted molar refractivity (Wildman–Crippen MR) is 90.8 cm³/mol. The SMILES string of the molecule is CC(C)COc1cccc(OCC(=O)N2CCOC(CC(=O)O)C2)c1. The van der Waals surface area contributed by atoms with E-state index in [4.69, 9.17) is 19.3 Å². The summed E-state index contributed by atoms with van der Waals surface area (Å²) in [6.45, 7) is 5.69. The van der Waals surface area contributed by atoms with Gasteiger partial charge in [0.05, 0.1) is 25.7 Å². The maximum Gasteiger partial charge on any atom is 0.306 e. The molecule has 1 atom stereocenters. The van der Waals surface area contributed by atoms with E-state index in [0.29, 0.717) is 37.2 Å². The van der Waals surface area contributed by atoms with Crippen LogP contribution in [0.15, 0.2) is 24.3 Å². The quantitative estimate of drug-likeness (QED) is 0.769. The fraction of sp³-hybridized carbons (Fsp3) is 0.556. The molecule has 25 heavy (non-hydrogen) atoms. The fourth-order valence-electron chi connectivity index (χ4n) is 2.42. The number of carboxylic acids is 1. The number of rotatable bonds is 8. The first-order chi connectivity index (χ1) is 11.9. The Morgan fingerprint density at radius 1 is 1.32 bits per heavy atom. The van der Waals surface area contributed by atoms with Gasteiger partial charge in [-0.1, -0.05) is 19.9 Å². The minimum atomic E-state index is -0.936. The highest BCUT2D eigenvalue weighted by Crippen LogP contribution is 2.20. The summed E-state index contributed by atoms with van der Waals surface area (Å²) in [4.78, 5) is 24.6.